The van der Waals surface area contributed by atoms with Gasteiger partial charge in [-0.05, 0) is 6.42 Å². The Morgan fingerprint density at radius 3 is 2.62 bits per heavy atom. The molecule has 2 N–H and O–H groups in total. The molecule has 0 bridgehead atoms. The van der Waals surface area contributed by atoms with Crippen LogP contribution in [0.15, 0.2) is 12.7 Å². The lowest BCUT2D eigenvalue weighted by atomic mass is 10.1. The Morgan fingerprint density at radius 1 is 1.44 bits per heavy atom. The maximum atomic E-state index is 11.6. The summed E-state index contributed by atoms with van der Waals surface area (Å²) in [4.78, 5) is 33.2. The predicted octanol–water partition coefficient (Wildman–Crippen LogP) is 0.162. The van der Waals surface area contributed by atoms with Crippen LogP contribution in [0.25, 0.3) is 0 Å². The highest BCUT2D eigenvalue weighted by Crippen LogP contribution is 2.01. The molecule has 0 heterocycles. The molecule has 0 saturated heterocycles. The fraction of sp³-hybridized carbons (Fsp3) is 0.545. The van der Waals surface area contributed by atoms with Gasteiger partial charge in [-0.15, -0.1) is 6.58 Å². The maximum Gasteiger partial charge on any atom is 0.289 e. The van der Waals surface area contributed by atoms with Crippen molar-refractivity contribution in [2.24, 2.45) is 0 Å². The average molecular weight is 226 g/mol. The van der Waals surface area contributed by atoms with Crippen molar-refractivity contribution < 1.29 is 14.4 Å². The summed E-state index contributed by atoms with van der Waals surface area (Å²) in [6, 6.07) is -0.720. The second kappa shape index (κ2) is 8.64. The first-order valence-electron chi connectivity index (χ1n) is 5.30. The number of hydrogen-bond acceptors (Lipinski definition) is 3. The van der Waals surface area contributed by atoms with E-state index in [-0.39, 0.29) is 6.54 Å². The van der Waals surface area contributed by atoms with Crippen LogP contribution >= 0.6 is 0 Å². The second-order valence-electron chi connectivity index (χ2n) is 3.34. The normalized spacial score (nSPS) is 11.3. The van der Waals surface area contributed by atoms with Gasteiger partial charge in [-0.1, -0.05) is 25.8 Å². The van der Waals surface area contributed by atoms with Crippen LogP contribution in [0.5, 0.6) is 0 Å². The van der Waals surface area contributed by atoms with Crippen molar-refractivity contribution in [3.05, 3.63) is 12.7 Å². The maximum absolute atomic E-state index is 11.6. The van der Waals surface area contributed by atoms with E-state index in [9.17, 15) is 14.4 Å². The number of carbonyl (C=O) groups is 3. The number of unbranched alkanes of at least 4 members (excludes halogenated alkanes) is 1. The minimum Gasteiger partial charge on any atom is -0.348 e. The Morgan fingerprint density at radius 2 is 2.12 bits per heavy atom. The number of amides is 2. The minimum absolute atomic E-state index is 0.242. The summed E-state index contributed by atoms with van der Waals surface area (Å²) >= 11 is 0. The SMILES string of the molecule is C=CCNC(=O)C(=O)C(CCCC)NC=O. The molecule has 0 radical (unpaired) electrons. The van der Waals surface area contributed by atoms with Crippen molar-refractivity contribution >= 4 is 18.1 Å². The third-order valence-electron chi connectivity index (χ3n) is 2.06. The molecule has 16 heavy (non-hydrogen) atoms. The molecule has 0 aromatic heterocycles. The summed E-state index contributed by atoms with van der Waals surface area (Å²) in [6.07, 6.45) is 4.10. The highest BCUT2D eigenvalue weighted by atomic mass is 16.2. The average Bonchev–Trinajstić information content (AvgIpc) is 2.30. The van der Waals surface area contributed by atoms with E-state index < -0.39 is 17.7 Å². The van der Waals surface area contributed by atoms with Crippen molar-refractivity contribution in [3.8, 4) is 0 Å². The van der Waals surface area contributed by atoms with Crippen LogP contribution in [0.4, 0.5) is 0 Å². The van der Waals surface area contributed by atoms with E-state index in [1.54, 1.807) is 0 Å². The number of carbonyl (C=O) groups excluding carboxylic acids is 3. The fourth-order valence-electron chi connectivity index (χ4n) is 1.19. The molecule has 0 rings (SSSR count). The largest absolute Gasteiger partial charge is 0.348 e. The van der Waals surface area contributed by atoms with E-state index in [4.69, 9.17) is 0 Å². The Kier molecular flexibility index (Phi) is 7.75. The van der Waals surface area contributed by atoms with E-state index in [1.807, 2.05) is 6.92 Å². The molecule has 0 aliphatic carbocycles. The number of rotatable bonds is 9. The van der Waals surface area contributed by atoms with Crippen LogP contribution in [0.3, 0.4) is 0 Å². The van der Waals surface area contributed by atoms with E-state index in [0.717, 1.165) is 12.8 Å². The molecule has 0 spiro atoms. The standard InChI is InChI=1S/C11H18N2O3/c1-3-5-6-9(13-8-14)10(15)11(16)12-7-4-2/h4,8-9H,2-3,5-7H2,1H3,(H,12,16)(H,13,14). The van der Waals surface area contributed by atoms with Gasteiger partial charge in [-0.3, -0.25) is 14.4 Å². The summed E-state index contributed by atoms with van der Waals surface area (Å²) in [6.45, 7) is 5.64. The molecule has 5 nitrogen and oxygen atoms in total. The van der Waals surface area contributed by atoms with E-state index in [1.165, 1.54) is 6.08 Å². The molecule has 0 fully saturated rings. The Bertz CT molecular complexity index is 264. The van der Waals surface area contributed by atoms with Crippen LogP contribution in [-0.4, -0.2) is 30.7 Å². The second-order valence-corrected chi connectivity index (χ2v) is 3.34. The Labute approximate surface area is 95.3 Å². The fourth-order valence-corrected chi connectivity index (χ4v) is 1.19. The highest BCUT2D eigenvalue weighted by molar-refractivity contribution is 6.38. The number of hydrogen-bond donors (Lipinski definition) is 2. The number of Topliss-reactive ketones (excluding diaryl/α,β-unsaturated/α-hetero) is 1. The molecular weight excluding hydrogens is 208 g/mol. The van der Waals surface area contributed by atoms with Gasteiger partial charge in [0, 0.05) is 6.54 Å². The van der Waals surface area contributed by atoms with Crippen molar-refractivity contribution in [2.45, 2.75) is 32.2 Å². The zero-order valence-corrected chi connectivity index (χ0v) is 9.49. The van der Waals surface area contributed by atoms with Gasteiger partial charge in [-0.25, -0.2) is 0 Å². The van der Waals surface area contributed by atoms with Crippen LogP contribution in [0.2, 0.25) is 0 Å². The van der Waals surface area contributed by atoms with E-state index >= 15 is 0 Å². The number of nitrogens with one attached hydrogen (secondary N) is 2. The van der Waals surface area contributed by atoms with Gasteiger partial charge in [0.1, 0.15) is 0 Å². The zero-order valence-electron chi connectivity index (χ0n) is 9.49. The molecule has 2 amide bonds. The molecule has 0 saturated carbocycles. The lowest BCUT2D eigenvalue weighted by Crippen LogP contribution is -2.45. The van der Waals surface area contributed by atoms with Gasteiger partial charge in [0.05, 0.1) is 6.04 Å². The van der Waals surface area contributed by atoms with Gasteiger partial charge < -0.3 is 10.6 Å². The number of ketones is 1. The van der Waals surface area contributed by atoms with Crippen molar-refractivity contribution in [2.75, 3.05) is 6.54 Å². The predicted molar refractivity (Wildman–Crippen MR) is 60.7 cm³/mol. The smallest absolute Gasteiger partial charge is 0.289 e. The van der Waals surface area contributed by atoms with Crippen molar-refractivity contribution in [1.82, 2.24) is 10.6 Å². The summed E-state index contributed by atoms with van der Waals surface area (Å²) in [7, 11) is 0. The van der Waals surface area contributed by atoms with Crippen LogP contribution in [0, 0.1) is 0 Å². The summed E-state index contributed by atoms with van der Waals surface area (Å²) in [5, 5.41) is 4.74. The molecular formula is C11H18N2O3. The third kappa shape index (κ3) is 5.29. The summed E-state index contributed by atoms with van der Waals surface area (Å²) in [5.41, 5.74) is 0. The zero-order chi connectivity index (χ0) is 12.4. The summed E-state index contributed by atoms with van der Waals surface area (Å²) in [5.74, 6) is -1.29. The first kappa shape index (κ1) is 14.3. The van der Waals surface area contributed by atoms with Crippen molar-refractivity contribution in [3.63, 3.8) is 0 Å². The van der Waals surface area contributed by atoms with Gasteiger partial charge in [0.25, 0.3) is 5.91 Å². The van der Waals surface area contributed by atoms with Crippen LogP contribution < -0.4 is 10.6 Å². The molecule has 0 aromatic rings. The highest BCUT2D eigenvalue weighted by Gasteiger charge is 2.23. The lowest BCUT2D eigenvalue weighted by molar-refractivity contribution is -0.139. The molecule has 90 valence electrons. The molecule has 0 aliphatic heterocycles. The molecule has 1 unspecified atom stereocenters. The molecule has 1 atom stereocenters. The Balaban J connectivity index is 4.28. The molecule has 0 aliphatic rings. The van der Waals surface area contributed by atoms with Crippen molar-refractivity contribution in [1.29, 1.82) is 0 Å². The Hall–Kier alpha value is -1.65. The van der Waals surface area contributed by atoms with E-state index in [2.05, 4.69) is 17.2 Å². The topological polar surface area (TPSA) is 75.3 Å². The van der Waals surface area contributed by atoms with Gasteiger partial charge in [-0.2, -0.15) is 0 Å². The van der Waals surface area contributed by atoms with Gasteiger partial charge in [0.2, 0.25) is 12.2 Å². The minimum atomic E-state index is -0.720. The monoisotopic (exact) mass is 226 g/mol. The first-order valence-corrected chi connectivity index (χ1v) is 5.30. The first-order chi connectivity index (χ1) is 7.67. The lowest BCUT2D eigenvalue weighted by Gasteiger charge is -2.13. The van der Waals surface area contributed by atoms with Crippen LogP contribution in [-0.2, 0) is 14.4 Å². The van der Waals surface area contributed by atoms with Gasteiger partial charge in [0.15, 0.2) is 0 Å². The molecule has 5 heteroatoms. The quantitative estimate of drug-likeness (QED) is 0.334. The van der Waals surface area contributed by atoms with E-state index in [0.29, 0.717) is 12.8 Å². The van der Waals surface area contributed by atoms with Crippen LogP contribution in [0.1, 0.15) is 26.2 Å². The van der Waals surface area contributed by atoms with Gasteiger partial charge >= 0.3 is 0 Å². The molecule has 0 aromatic carbocycles. The third-order valence-corrected chi connectivity index (χ3v) is 2.06. The summed E-state index contributed by atoms with van der Waals surface area (Å²) < 4.78 is 0.